The molecule has 2 aliphatic rings. The zero-order valence-electron chi connectivity index (χ0n) is 10.2. The van der Waals surface area contributed by atoms with Gasteiger partial charge < -0.3 is 19.9 Å². The van der Waals surface area contributed by atoms with Gasteiger partial charge in [0.2, 0.25) is 0 Å². The van der Waals surface area contributed by atoms with Crippen LogP contribution in [-0.4, -0.2) is 49.6 Å². The molecule has 0 radical (unpaired) electrons. The fourth-order valence-corrected chi connectivity index (χ4v) is 2.79. The van der Waals surface area contributed by atoms with E-state index in [1.165, 1.54) is 0 Å². The van der Waals surface area contributed by atoms with Crippen molar-refractivity contribution in [3.8, 4) is 0 Å². The monoisotopic (exact) mass is 243 g/mol. The topological polar surface area (TPSA) is 67.8 Å². The lowest BCUT2D eigenvalue weighted by molar-refractivity contribution is -0.141. The van der Waals surface area contributed by atoms with Gasteiger partial charge in [0.05, 0.1) is 18.6 Å². The second-order valence-corrected chi connectivity index (χ2v) is 4.96. The minimum Gasteiger partial charge on any atom is -0.481 e. The van der Waals surface area contributed by atoms with Crippen molar-refractivity contribution in [3.05, 3.63) is 0 Å². The van der Waals surface area contributed by atoms with E-state index < -0.39 is 5.97 Å². The first-order valence-electron chi connectivity index (χ1n) is 6.30. The molecule has 0 aromatic carbocycles. The molecule has 0 aromatic heterocycles. The Bertz CT molecular complexity index is 271. The number of carboxylic acids is 1. The van der Waals surface area contributed by atoms with Crippen molar-refractivity contribution in [2.24, 2.45) is 5.92 Å². The third kappa shape index (κ3) is 3.18. The number of hydrogen-bond acceptors (Lipinski definition) is 4. The summed E-state index contributed by atoms with van der Waals surface area (Å²) in [5.74, 6) is -0.835. The molecule has 2 N–H and O–H groups in total. The van der Waals surface area contributed by atoms with E-state index in [4.69, 9.17) is 14.6 Å². The average Bonchev–Trinajstić information content (AvgIpc) is 2.78. The van der Waals surface area contributed by atoms with Gasteiger partial charge >= 0.3 is 5.97 Å². The van der Waals surface area contributed by atoms with Gasteiger partial charge in [-0.3, -0.25) is 4.79 Å². The van der Waals surface area contributed by atoms with E-state index in [0.29, 0.717) is 18.7 Å². The summed E-state index contributed by atoms with van der Waals surface area (Å²) < 4.78 is 10.8. The van der Waals surface area contributed by atoms with E-state index in [0.717, 1.165) is 32.3 Å². The van der Waals surface area contributed by atoms with Gasteiger partial charge in [0.15, 0.2) is 0 Å². The summed E-state index contributed by atoms with van der Waals surface area (Å²) in [4.78, 5) is 10.9. The van der Waals surface area contributed by atoms with Crippen LogP contribution in [0.4, 0.5) is 0 Å². The molecule has 2 fully saturated rings. The Hall–Kier alpha value is -0.650. The minimum absolute atomic E-state index is 0.0904. The van der Waals surface area contributed by atoms with Crippen LogP contribution < -0.4 is 5.32 Å². The first-order chi connectivity index (χ1) is 8.20. The second-order valence-electron chi connectivity index (χ2n) is 4.96. The average molecular weight is 243 g/mol. The number of carbonyl (C=O) groups is 1. The molecule has 0 bridgehead atoms. The Morgan fingerprint density at radius 2 is 2.24 bits per heavy atom. The van der Waals surface area contributed by atoms with E-state index in [1.807, 2.05) is 0 Å². The van der Waals surface area contributed by atoms with E-state index in [-0.39, 0.29) is 12.0 Å². The van der Waals surface area contributed by atoms with Crippen LogP contribution in [0, 0.1) is 5.92 Å². The Morgan fingerprint density at radius 1 is 1.41 bits per heavy atom. The van der Waals surface area contributed by atoms with Crippen LogP contribution in [0.2, 0.25) is 0 Å². The highest BCUT2D eigenvalue weighted by Gasteiger charge is 2.33. The van der Waals surface area contributed by atoms with Gasteiger partial charge in [0.25, 0.3) is 0 Å². The summed E-state index contributed by atoms with van der Waals surface area (Å²) in [5, 5.41) is 12.5. The fourth-order valence-electron chi connectivity index (χ4n) is 2.79. The summed E-state index contributed by atoms with van der Waals surface area (Å²) >= 11 is 0. The first kappa shape index (κ1) is 12.8. The van der Waals surface area contributed by atoms with Gasteiger partial charge in [-0.2, -0.15) is 0 Å². The zero-order chi connectivity index (χ0) is 12.3. The highest BCUT2D eigenvalue weighted by atomic mass is 16.5. The Kier molecular flexibility index (Phi) is 4.36. The molecule has 0 aromatic rings. The van der Waals surface area contributed by atoms with Crippen molar-refractivity contribution in [3.63, 3.8) is 0 Å². The van der Waals surface area contributed by atoms with Crippen molar-refractivity contribution in [2.75, 3.05) is 20.3 Å². The van der Waals surface area contributed by atoms with Crippen LogP contribution >= 0.6 is 0 Å². The van der Waals surface area contributed by atoms with Crippen LogP contribution in [-0.2, 0) is 14.3 Å². The molecule has 98 valence electrons. The normalized spacial score (nSPS) is 38.2. The number of hydrogen-bond donors (Lipinski definition) is 2. The van der Waals surface area contributed by atoms with Crippen LogP contribution in [0.1, 0.15) is 25.7 Å². The molecular weight excluding hydrogens is 222 g/mol. The van der Waals surface area contributed by atoms with Crippen LogP contribution in [0.5, 0.6) is 0 Å². The molecule has 1 saturated carbocycles. The summed E-state index contributed by atoms with van der Waals surface area (Å²) in [5.41, 5.74) is 0. The first-order valence-corrected chi connectivity index (χ1v) is 6.30. The maximum Gasteiger partial charge on any atom is 0.306 e. The quantitative estimate of drug-likeness (QED) is 0.758. The van der Waals surface area contributed by atoms with Crippen LogP contribution in [0.3, 0.4) is 0 Å². The van der Waals surface area contributed by atoms with Crippen LogP contribution in [0.25, 0.3) is 0 Å². The Balaban J connectivity index is 1.82. The van der Waals surface area contributed by atoms with E-state index in [9.17, 15) is 4.79 Å². The molecule has 0 amide bonds. The number of carboxylic acid groups (broad SMARTS) is 1. The molecule has 2 rings (SSSR count). The largest absolute Gasteiger partial charge is 0.481 e. The summed E-state index contributed by atoms with van der Waals surface area (Å²) in [6, 6.07) is 0.614. The number of ether oxygens (including phenoxy) is 2. The van der Waals surface area contributed by atoms with Gasteiger partial charge in [0.1, 0.15) is 0 Å². The van der Waals surface area contributed by atoms with Gasteiger partial charge in [-0.25, -0.2) is 0 Å². The van der Waals surface area contributed by atoms with Crippen LogP contribution in [0.15, 0.2) is 0 Å². The number of aliphatic carboxylic acids is 1. The summed E-state index contributed by atoms with van der Waals surface area (Å²) in [6.45, 7) is 1.38. The van der Waals surface area contributed by atoms with Crippen molar-refractivity contribution >= 4 is 5.97 Å². The third-order valence-electron chi connectivity index (χ3n) is 3.84. The molecule has 5 heteroatoms. The molecule has 5 nitrogen and oxygen atoms in total. The highest BCUT2D eigenvalue weighted by molar-refractivity contribution is 5.70. The zero-order valence-corrected chi connectivity index (χ0v) is 10.2. The van der Waals surface area contributed by atoms with Gasteiger partial charge in [0, 0.05) is 25.8 Å². The van der Waals surface area contributed by atoms with Crippen molar-refractivity contribution in [1.82, 2.24) is 5.32 Å². The predicted molar refractivity (Wildman–Crippen MR) is 61.9 cm³/mol. The summed E-state index contributed by atoms with van der Waals surface area (Å²) in [7, 11) is 1.70. The number of methoxy groups -OCH3 is 1. The molecule has 1 aliphatic carbocycles. The number of rotatable bonds is 4. The lowest BCUT2D eigenvalue weighted by atomic mass is 10.0. The molecule has 1 aliphatic heterocycles. The maximum atomic E-state index is 10.9. The lowest BCUT2D eigenvalue weighted by Gasteiger charge is -2.33. The van der Waals surface area contributed by atoms with Gasteiger partial charge in [-0.15, -0.1) is 0 Å². The Morgan fingerprint density at radius 3 is 2.88 bits per heavy atom. The van der Waals surface area contributed by atoms with Crippen molar-refractivity contribution in [2.45, 2.75) is 43.9 Å². The van der Waals surface area contributed by atoms with E-state index in [2.05, 4.69) is 5.32 Å². The smallest absolute Gasteiger partial charge is 0.306 e. The van der Waals surface area contributed by atoms with Gasteiger partial charge in [-0.1, -0.05) is 0 Å². The molecule has 17 heavy (non-hydrogen) atoms. The van der Waals surface area contributed by atoms with Crippen molar-refractivity contribution < 1.29 is 19.4 Å². The number of nitrogens with one attached hydrogen (secondary N) is 1. The predicted octanol–water partition coefficient (Wildman–Crippen LogP) is 0.633. The summed E-state index contributed by atoms with van der Waals surface area (Å²) in [6.07, 6.45) is 3.50. The van der Waals surface area contributed by atoms with E-state index >= 15 is 0 Å². The molecule has 4 unspecified atom stereocenters. The standard InChI is InChI=1S/C12H21NO4/c1-16-11-7-17-5-4-10(11)13-9-3-2-8(6-9)12(14)15/h8-11,13H,2-7H2,1H3,(H,14,15). The molecule has 1 heterocycles. The van der Waals surface area contributed by atoms with Gasteiger partial charge in [-0.05, 0) is 25.7 Å². The molecule has 1 saturated heterocycles. The third-order valence-corrected chi connectivity index (χ3v) is 3.84. The molecular formula is C12H21NO4. The highest BCUT2D eigenvalue weighted by Crippen LogP contribution is 2.27. The van der Waals surface area contributed by atoms with E-state index in [1.54, 1.807) is 7.11 Å². The maximum absolute atomic E-state index is 10.9. The second kappa shape index (κ2) is 5.80. The SMILES string of the molecule is COC1COCCC1NC1CCC(C(=O)O)C1. The lowest BCUT2D eigenvalue weighted by Crippen LogP contribution is -2.50. The van der Waals surface area contributed by atoms with Crippen molar-refractivity contribution in [1.29, 1.82) is 0 Å². The minimum atomic E-state index is -0.662. The molecule has 0 spiro atoms. The Labute approximate surface area is 101 Å². The fraction of sp³-hybridized carbons (Fsp3) is 0.917. The molecule has 4 atom stereocenters.